The van der Waals surface area contributed by atoms with Crippen molar-refractivity contribution in [2.24, 2.45) is 0 Å². The summed E-state index contributed by atoms with van der Waals surface area (Å²) in [7, 11) is 0. The molecule has 0 N–H and O–H groups in total. The average molecular weight is 499 g/mol. The average Bonchev–Trinajstić information content (AvgIpc) is 3.16. The van der Waals surface area contributed by atoms with Crippen molar-refractivity contribution >= 4 is 85.9 Å². The molecule has 0 heterocycles. The summed E-state index contributed by atoms with van der Waals surface area (Å²) in [6.45, 7) is 0. The Labute approximate surface area is 212 Å². The van der Waals surface area contributed by atoms with Crippen molar-refractivity contribution in [3.05, 3.63) is 100 Å². The Kier molecular flexibility index (Phi) is 7.21. The molecule has 1 aliphatic carbocycles. The first-order valence-corrected chi connectivity index (χ1v) is 10.5. The van der Waals surface area contributed by atoms with Gasteiger partial charge in [-0.2, -0.15) is 0 Å². The fourth-order valence-corrected chi connectivity index (χ4v) is 5.04. The normalized spacial score (nSPS) is 12.7. The van der Waals surface area contributed by atoms with Crippen LogP contribution in [0.25, 0.3) is 48.7 Å². The van der Waals surface area contributed by atoms with Gasteiger partial charge < -0.3 is 0 Å². The zero-order chi connectivity index (χ0) is 18.7. The van der Waals surface area contributed by atoms with Crippen molar-refractivity contribution < 1.29 is 20.4 Å². The molecule has 6 rings (SSSR count). The zero-order valence-corrected chi connectivity index (χ0v) is 20.6. The monoisotopic (exact) mass is 497 g/mol. The topological polar surface area (TPSA) is 0 Å². The van der Waals surface area contributed by atoms with E-state index in [9.17, 15) is 0 Å². The molecule has 1 aliphatic rings. The fraction of sp³-hybridized carbons (Fsp3) is 0.0370. The summed E-state index contributed by atoms with van der Waals surface area (Å²) in [6.07, 6.45) is 5.62. The Morgan fingerprint density at radius 1 is 0.548 bits per heavy atom. The third-order valence-electron chi connectivity index (χ3n) is 5.92. The summed E-state index contributed by atoms with van der Waals surface area (Å²) in [5.41, 5.74) is 2.74. The molecule has 0 spiro atoms. The van der Waals surface area contributed by atoms with Crippen LogP contribution in [0.3, 0.4) is 0 Å². The number of benzene rings is 5. The van der Waals surface area contributed by atoms with Gasteiger partial charge in [0.1, 0.15) is 0 Å². The third kappa shape index (κ3) is 3.93. The minimum atomic E-state index is 0. The van der Waals surface area contributed by atoms with Gasteiger partial charge in [0.15, 0.2) is 0 Å². The quantitative estimate of drug-likeness (QED) is 0.123. The Morgan fingerprint density at radius 3 is 1.81 bits per heavy atom. The molecular weight excluding hydrogens is 479 g/mol. The first-order valence-electron chi connectivity index (χ1n) is 9.68. The molecule has 0 nitrogen and oxygen atoms in total. The van der Waals surface area contributed by atoms with E-state index in [2.05, 4.69) is 111 Å². The first kappa shape index (κ1) is 23.9. The van der Waals surface area contributed by atoms with Crippen LogP contribution in [-0.2, 0) is 20.4 Å². The van der Waals surface area contributed by atoms with Crippen LogP contribution in [0.4, 0.5) is 0 Å². The molecule has 0 aromatic heterocycles. The molecule has 0 aliphatic heterocycles. The number of hydrogen-bond acceptors (Lipinski definition) is 0. The molecule has 5 aromatic rings. The van der Waals surface area contributed by atoms with Crippen molar-refractivity contribution in [1.29, 1.82) is 0 Å². The van der Waals surface area contributed by atoms with Gasteiger partial charge in [0.2, 0.25) is 0 Å². The second kappa shape index (κ2) is 9.37. The summed E-state index contributed by atoms with van der Waals surface area (Å²) >= 11 is 2.25. The van der Waals surface area contributed by atoms with E-state index in [0.717, 1.165) is 6.42 Å². The van der Waals surface area contributed by atoms with Crippen LogP contribution < -0.4 is 0 Å². The zero-order valence-electron chi connectivity index (χ0n) is 16.6. The van der Waals surface area contributed by atoms with Crippen molar-refractivity contribution in [1.82, 2.24) is 0 Å². The molecule has 0 fully saturated rings. The van der Waals surface area contributed by atoms with Crippen LogP contribution in [0.15, 0.2) is 94.9 Å². The molecule has 153 valence electrons. The maximum atomic E-state index is 2.41. The number of hydrogen-bond donors (Lipinski definition) is 0. The minimum absolute atomic E-state index is 0. The van der Waals surface area contributed by atoms with Gasteiger partial charge in [0.25, 0.3) is 0 Å². The molecule has 0 atom stereocenters. The Hall–Kier alpha value is -1.80. The summed E-state index contributed by atoms with van der Waals surface area (Å²) in [6, 6.07) is 29.2. The van der Waals surface area contributed by atoms with Crippen LogP contribution in [0.2, 0.25) is 0 Å². The van der Waals surface area contributed by atoms with Gasteiger partial charge in [0, 0.05) is 0 Å². The van der Waals surface area contributed by atoms with Gasteiger partial charge in [0.05, 0.1) is 0 Å². The van der Waals surface area contributed by atoms with Gasteiger partial charge in [-0.05, 0) is 0 Å². The second-order valence-corrected chi connectivity index (χ2v) is 8.53. The molecular formula is C27H20Cl3Ti. The van der Waals surface area contributed by atoms with Crippen molar-refractivity contribution in [3.63, 3.8) is 0 Å². The Bertz CT molecular complexity index is 1500. The van der Waals surface area contributed by atoms with Crippen LogP contribution in [0.5, 0.6) is 0 Å². The van der Waals surface area contributed by atoms with E-state index >= 15 is 0 Å². The fourth-order valence-electron chi connectivity index (χ4n) is 4.52. The molecule has 0 amide bonds. The van der Waals surface area contributed by atoms with Crippen molar-refractivity contribution in [3.8, 4) is 0 Å². The molecule has 31 heavy (non-hydrogen) atoms. The van der Waals surface area contributed by atoms with Gasteiger partial charge in [-0.3, -0.25) is 0 Å². The Morgan fingerprint density at radius 2 is 1.13 bits per heavy atom. The standard InChI is InChI=1S/C27H17.3ClH.Ti/c1-2-7-18(6-1)24-11-5-10-21-15-23-13-12-22-14-19-8-3-4-9-20(19)16-25(22)27(23)17-26(21)24;;;;/h1,3-6,8-17H,2H2;3*1H;. The molecule has 0 unspecified atom stereocenters. The predicted octanol–water partition coefficient (Wildman–Crippen LogP) is 8.78. The van der Waals surface area contributed by atoms with Gasteiger partial charge >= 0.3 is 176 Å². The van der Waals surface area contributed by atoms with Crippen LogP contribution in [0, 0.1) is 0 Å². The summed E-state index contributed by atoms with van der Waals surface area (Å²) < 4.78 is 1.46. The molecule has 0 bridgehead atoms. The third-order valence-corrected chi connectivity index (χ3v) is 6.66. The summed E-state index contributed by atoms with van der Waals surface area (Å²) in [4.78, 5) is 0. The number of fused-ring (bicyclic) bond motifs is 5. The molecule has 0 saturated heterocycles. The molecule has 5 aromatic carbocycles. The van der Waals surface area contributed by atoms with Crippen molar-refractivity contribution in [2.45, 2.75) is 6.42 Å². The number of allylic oxidation sites excluding steroid dienone is 4. The van der Waals surface area contributed by atoms with E-state index < -0.39 is 0 Å². The Balaban J connectivity index is 0.000000907. The molecule has 0 radical (unpaired) electrons. The van der Waals surface area contributed by atoms with E-state index in [-0.39, 0.29) is 37.2 Å². The van der Waals surface area contributed by atoms with E-state index in [0.29, 0.717) is 0 Å². The van der Waals surface area contributed by atoms with E-state index in [1.807, 2.05) is 0 Å². The van der Waals surface area contributed by atoms with E-state index in [4.69, 9.17) is 0 Å². The van der Waals surface area contributed by atoms with Gasteiger partial charge in [-0.15, -0.1) is 37.2 Å². The van der Waals surface area contributed by atoms with E-state index in [1.54, 1.807) is 0 Å². The molecule has 0 saturated carbocycles. The molecule has 4 heteroatoms. The second-order valence-electron chi connectivity index (χ2n) is 7.58. The SMILES string of the molecule is Cl.Cl.Cl.[Ti][C]1=C(c2cccc3cc4ccc5cc6ccccc6cc5c4cc23)C=CC1. The van der Waals surface area contributed by atoms with Gasteiger partial charge in [-0.1, -0.05) is 0 Å². The summed E-state index contributed by atoms with van der Waals surface area (Å²) in [5, 5.41) is 10.5. The van der Waals surface area contributed by atoms with Crippen LogP contribution in [-0.4, -0.2) is 0 Å². The maximum absolute atomic E-state index is 2.41. The number of halogens is 3. The summed E-state index contributed by atoms with van der Waals surface area (Å²) in [5.74, 6) is 0. The van der Waals surface area contributed by atoms with Crippen molar-refractivity contribution in [2.75, 3.05) is 0 Å². The van der Waals surface area contributed by atoms with E-state index in [1.165, 1.54) is 58.1 Å². The first-order chi connectivity index (χ1) is 13.8. The number of rotatable bonds is 1. The predicted molar refractivity (Wildman–Crippen MR) is 139 cm³/mol. The van der Waals surface area contributed by atoms with Crippen LogP contribution in [0.1, 0.15) is 12.0 Å². The van der Waals surface area contributed by atoms with Crippen LogP contribution >= 0.6 is 37.2 Å². The van der Waals surface area contributed by atoms with Gasteiger partial charge in [-0.25, -0.2) is 0 Å².